The maximum Gasteiger partial charge on any atom is 0.0268 e. The fourth-order valence-electron chi connectivity index (χ4n) is 1.11. The molecule has 0 aromatic rings. The Morgan fingerprint density at radius 2 is 1.88 bits per heavy atom. The molecule has 0 fully saturated rings. The molecule has 0 rings (SSSR count). The van der Waals surface area contributed by atoms with Crippen LogP contribution in [0.15, 0.2) is 0 Å². The van der Waals surface area contributed by atoms with E-state index >= 15 is 0 Å². The van der Waals surface area contributed by atoms with Gasteiger partial charge in [-0.2, -0.15) is 0 Å². The van der Waals surface area contributed by atoms with E-state index in [2.05, 4.69) is 6.55 Å². The van der Waals surface area contributed by atoms with Crippen molar-refractivity contribution in [1.29, 1.82) is 0 Å². The van der Waals surface area contributed by atoms with Gasteiger partial charge in [-0.3, -0.25) is 0 Å². The summed E-state index contributed by atoms with van der Waals surface area (Å²) in [7, 11) is 3.45. The Morgan fingerprint density at radius 1 is 1.38 bits per heavy atom. The molecule has 0 spiro atoms. The topological polar surface area (TPSA) is 0 Å². The smallest absolute Gasteiger partial charge is 0.0268 e. The van der Waals surface area contributed by atoms with Crippen LogP contribution in [0.2, 0.25) is 23.5 Å². The van der Waals surface area contributed by atoms with Crippen LogP contribution in [0.1, 0.15) is 0 Å². The molecule has 50 valence electrons. The molecule has 0 amide bonds. The first-order valence-electron chi connectivity index (χ1n) is 3.85. The molecule has 0 nitrogen and oxygen atoms in total. The maximum absolute atomic E-state index is 2.47. The van der Waals surface area contributed by atoms with E-state index in [1.165, 1.54) is 20.5 Å². The summed E-state index contributed by atoms with van der Waals surface area (Å²) in [5, 5.41) is 0. The average Bonchev–Trinajstić information content (AvgIpc) is 1.83. The normalized spacial score (nSPS) is 16.1. The molecule has 0 aliphatic carbocycles. The quantitative estimate of drug-likeness (QED) is 0.439. The van der Waals surface area contributed by atoms with Gasteiger partial charge in [-0.15, -0.1) is 0 Å². The lowest BCUT2D eigenvalue weighted by molar-refractivity contribution is 1.68. The number of hydrogen-bond acceptors (Lipinski definition) is 0. The zero-order chi connectivity index (χ0) is 6.41. The molecule has 8 heavy (non-hydrogen) atoms. The van der Waals surface area contributed by atoms with Crippen molar-refractivity contribution in [2.75, 3.05) is 0 Å². The Bertz CT molecular complexity index is 43.3. The average molecular weight is 179 g/mol. The van der Waals surface area contributed by atoms with Crippen LogP contribution in [0.3, 0.4) is 0 Å². The number of hydrogen-bond donors (Lipinski definition) is 0. The molecule has 0 heterocycles. The summed E-state index contributed by atoms with van der Waals surface area (Å²) in [5.74, 6) is 0. The van der Waals surface area contributed by atoms with E-state index in [-0.39, 0.29) is 8.80 Å². The Morgan fingerprint density at radius 3 is 2.00 bits per heavy atom. The van der Waals surface area contributed by atoms with Crippen molar-refractivity contribution in [3.05, 3.63) is 0 Å². The van der Waals surface area contributed by atoms with Gasteiger partial charge in [-0.25, -0.2) is 0 Å². The molecule has 4 heteroatoms. The standard InChI is InChI=1S/C4H18Si4/c1-7-4-8(2-5)3-6/h8H,2-4,7H2,1,5-6H3. The van der Waals surface area contributed by atoms with Gasteiger partial charge >= 0.3 is 0 Å². The molecular weight excluding hydrogens is 160 g/mol. The molecule has 0 unspecified atom stereocenters. The first kappa shape index (κ1) is 8.87. The first-order valence-corrected chi connectivity index (χ1v) is 11.5. The van der Waals surface area contributed by atoms with E-state index in [0.717, 1.165) is 0 Å². The van der Waals surface area contributed by atoms with Gasteiger partial charge in [-0.1, -0.05) is 23.5 Å². The largest absolute Gasteiger partial charge is 0.0750 e. The minimum Gasteiger partial charge on any atom is -0.0750 e. The second-order valence-corrected chi connectivity index (χ2v) is 14.0. The van der Waals surface area contributed by atoms with Crippen LogP contribution in [0.4, 0.5) is 0 Å². The van der Waals surface area contributed by atoms with Gasteiger partial charge in [0.25, 0.3) is 0 Å². The van der Waals surface area contributed by atoms with Gasteiger partial charge in [0.2, 0.25) is 0 Å². The van der Waals surface area contributed by atoms with Gasteiger partial charge in [0.1, 0.15) is 0 Å². The lowest BCUT2D eigenvalue weighted by Gasteiger charge is -2.05. The highest BCUT2D eigenvalue weighted by molar-refractivity contribution is 6.77. The summed E-state index contributed by atoms with van der Waals surface area (Å²) in [6.45, 7) is 2.47. The highest BCUT2D eigenvalue weighted by Gasteiger charge is 2.01. The van der Waals surface area contributed by atoms with E-state index in [9.17, 15) is 0 Å². The third kappa shape index (κ3) is 3.82. The van der Waals surface area contributed by atoms with Crippen LogP contribution < -0.4 is 0 Å². The summed E-state index contributed by atoms with van der Waals surface area (Å²) in [6, 6.07) is 0. The summed E-state index contributed by atoms with van der Waals surface area (Å²) < 4.78 is 0. The summed E-state index contributed by atoms with van der Waals surface area (Å²) in [4.78, 5) is 0. The molecule has 0 saturated carbocycles. The van der Waals surface area contributed by atoms with Gasteiger partial charge < -0.3 is 0 Å². The molecule has 0 aromatic heterocycles. The zero-order valence-corrected chi connectivity index (χ0v) is 13.0. The molecule has 0 bridgehead atoms. The molecule has 0 aliphatic rings. The summed E-state index contributed by atoms with van der Waals surface area (Å²) in [5.41, 5.74) is 5.20. The third-order valence-electron chi connectivity index (χ3n) is 1.85. The van der Waals surface area contributed by atoms with Crippen LogP contribution in [-0.4, -0.2) is 38.8 Å². The van der Waals surface area contributed by atoms with E-state index in [1.807, 2.05) is 0 Å². The Balaban J connectivity index is 3.07. The second-order valence-electron chi connectivity index (χ2n) is 2.47. The Labute approximate surface area is 62.7 Å². The molecule has 0 aliphatic heterocycles. The van der Waals surface area contributed by atoms with Crippen LogP contribution in [-0.2, 0) is 0 Å². The monoisotopic (exact) mass is 178 g/mol. The van der Waals surface area contributed by atoms with E-state index < -0.39 is 0 Å². The van der Waals surface area contributed by atoms with Crippen molar-refractivity contribution in [3.63, 3.8) is 0 Å². The zero-order valence-electron chi connectivity index (χ0n) is 6.41. The minimum absolute atomic E-state index is 0.00694. The highest BCUT2D eigenvalue weighted by Crippen LogP contribution is 1.97. The lowest BCUT2D eigenvalue weighted by atomic mass is 11.8. The van der Waals surface area contributed by atoms with Crippen LogP contribution in [0, 0.1) is 0 Å². The van der Waals surface area contributed by atoms with E-state index in [1.54, 1.807) is 17.0 Å². The van der Waals surface area contributed by atoms with Gasteiger partial charge in [0.05, 0.1) is 0 Å². The van der Waals surface area contributed by atoms with Crippen molar-refractivity contribution in [3.8, 4) is 0 Å². The van der Waals surface area contributed by atoms with Gasteiger partial charge in [-0.05, 0) is 20.5 Å². The maximum atomic E-state index is 2.47. The molecule has 0 radical (unpaired) electrons. The van der Waals surface area contributed by atoms with Crippen molar-refractivity contribution in [2.24, 2.45) is 0 Å². The van der Waals surface area contributed by atoms with Crippen molar-refractivity contribution in [1.82, 2.24) is 0 Å². The van der Waals surface area contributed by atoms with Gasteiger partial charge in [0.15, 0.2) is 0 Å². The molecule has 0 N–H and O–H groups in total. The SMILES string of the molecule is C[SiH2]C[SiH](C[SiH3])C[SiH3]. The fourth-order valence-corrected chi connectivity index (χ4v) is 22.5. The van der Waals surface area contributed by atoms with Crippen molar-refractivity contribution in [2.45, 2.75) is 23.5 Å². The summed E-state index contributed by atoms with van der Waals surface area (Å²) in [6.07, 6.45) is 0. The van der Waals surface area contributed by atoms with Gasteiger partial charge in [0, 0.05) is 18.3 Å². The molecule has 0 aromatic carbocycles. The van der Waals surface area contributed by atoms with E-state index in [4.69, 9.17) is 0 Å². The Kier molecular flexibility index (Phi) is 6.64. The van der Waals surface area contributed by atoms with Crippen LogP contribution in [0.5, 0.6) is 0 Å². The molecular formula is C4H18Si4. The van der Waals surface area contributed by atoms with Crippen molar-refractivity contribution < 1.29 is 0 Å². The van der Waals surface area contributed by atoms with Crippen LogP contribution in [0.25, 0.3) is 0 Å². The predicted molar refractivity (Wildman–Crippen MR) is 55.9 cm³/mol. The second kappa shape index (κ2) is 5.99. The molecule has 0 atom stereocenters. The summed E-state index contributed by atoms with van der Waals surface area (Å²) >= 11 is 0. The predicted octanol–water partition coefficient (Wildman–Crippen LogP) is -1.97. The van der Waals surface area contributed by atoms with E-state index in [0.29, 0.717) is 9.52 Å². The molecule has 0 saturated heterocycles. The third-order valence-corrected chi connectivity index (χ3v) is 16.7. The van der Waals surface area contributed by atoms with Crippen LogP contribution >= 0.6 is 0 Å². The fraction of sp³-hybridized carbons (Fsp3) is 1.00. The number of rotatable bonds is 4. The Hall–Kier alpha value is 0.868. The highest BCUT2D eigenvalue weighted by atomic mass is 28.3. The minimum atomic E-state index is -0.00694. The first-order chi connectivity index (χ1) is 3.85. The lowest BCUT2D eigenvalue weighted by Crippen LogP contribution is -2.13. The van der Waals surface area contributed by atoms with Crippen molar-refractivity contribution >= 4 is 38.8 Å².